The van der Waals surface area contributed by atoms with Crippen molar-refractivity contribution < 1.29 is 0 Å². The Morgan fingerprint density at radius 1 is 1.44 bits per heavy atom. The first-order valence-electron chi connectivity index (χ1n) is 6.23. The van der Waals surface area contributed by atoms with Gasteiger partial charge in [0.25, 0.3) is 0 Å². The van der Waals surface area contributed by atoms with E-state index >= 15 is 0 Å². The van der Waals surface area contributed by atoms with E-state index in [2.05, 4.69) is 20.0 Å². The molecule has 0 aliphatic carbocycles. The smallest absolute Gasteiger partial charge is 0.163 e. The van der Waals surface area contributed by atoms with Gasteiger partial charge in [-0.25, -0.2) is 9.97 Å². The summed E-state index contributed by atoms with van der Waals surface area (Å²) in [5.74, 6) is 2.43. The van der Waals surface area contributed by atoms with Gasteiger partial charge in [-0.05, 0) is 18.8 Å². The molecule has 1 atom stereocenters. The van der Waals surface area contributed by atoms with Crippen LogP contribution in [0.1, 0.15) is 12.8 Å². The molecule has 0 amide bonds. The van der Waals surface area contributed by atoms with Gasteiger partial charge < -0.3 is 4.90 Å². The SMILES string of the molecule is Cn1ncc2c(N3CCC(CCCl)C3)ncnc21. The van der Waals surface area contributed by atoms with Crippen LogP contribution in [0.4, 0.5) is 5.82 Å². The van der Waals surface area contributed by atoms with Gasteiger partial charge in [-0.3, -0.25) is 4.68 Å². The van der Waals surface area contributed by atoms with Crippen LogP contribution < -0.4 is 4.90 Å². The second-order valence-corrected chi connectivity index (χ2v) is 5.16. The fraction of sp³-hybridized carbons (Fsp3) is 0.583. The van der Waals surface area contributed by atoms with Crippen LogP contribution in [0.15, 0.2) is 12.5 Å². The number of rotatable bonds is 3. The zero-order chi connectivity index (χ0) is 12.5. The fourth-order valence-electron chi connectivity index (χ4n) is 2.62. The maximum atomic E-state index is 5.82. The summed E-state index contributed by atoms with van der Waals surface area (Å²) in [4.78, 5) is 11.0. The lowest BCUT2D eigenvalue weighted by Gasteiger charge is -2.17. The average Bonchev–Trinajstić information content (AvgIpc) is 2.98. The lowest BCUT2D eigenvalue weighted by atomic mass is 10.1. The molecule has 5 nitrogen and oxygen atoms in total. The number of halogens is 1. The van der Waals surface area contributed by atoms with Crippen LogP contribution in [0.2, 0.25) is 0 Å². The van der Waals surface area contributed by atoms with E-state index in [0.717, 1.165) is 42.2 Å². The molecule has 2 aromatic heterocycles. The maximum Gasteiger partial charge on any atom is 0.163 e. The lowest BCUT2D eigenvalue weighted by molar-refractivity contribution is 0.572. The molecule has 1 aliphatic heterocycles. The molecule has 18 heavy (non-hydrogen) atoms. The van der Waals surface area contributed by atoms with E-state index in [9.17, 15) is 0 Å². The van der Waals surface area contributed by atoms with Crippen molar-refractivity contribution >= 4 is 28.5 Å². The summed E-state index contributed by atoms with van der Waals surface area (Å²) in [6.45, 7) is 2.08. The standard InChI is InChI=1S/C12H16ClN5/c1-17-11-10(6-16-17)12(15-8-14-11)18-5-3-9(7-18)2-4-13/h6,8-9H,2-5,7H2,1H3. The summed E-state index contributed by atoms with van der Waals surface area (Å²) in [5.41, 5.74) is 0.890. The fourth-order valence-corrected chi connectivity index (χ4v) is 2.93. The summed E-state index contributed by atoms with van der Waals surface area (Å²) in [6.07, 6.45) is 5.74. The maximum absolute atomic E-state index is 5.82. The van der Waals surface area contributed by atoms with Crippen LogP contribution in [-0.4, -0.2) is 38.7 Å². The Kier molecular flexibility index (Phi) is 3.07. The Morgan fingerprint density at radius 2 is 2.33 bits per heavy atom. The van der Waals surface area contributed by atoms with Crippen LogP contribution >= 0.6 is 11.6 Å². The summed E-state index contributed by atoms with van der Waals surface area (Å²) >= 11 is 5.82. The molecular formula is C12H16ClN5. The molecular weight excluding hydrogens is 250 g/mol. The summed E-state index contributed by atoms with van der Waals surface area (Å²) in [6, 6.07) is 0. The van der Waals surface area contributed by atoms with E-state index in [4.69, 9.17) is 11.6 Å². The first kappa shape index (κ1) is 11.7. The molecule has 3 rings (SSSR count). The number of anilines is 1. The number of aromatic nitrogens is 4. The minimum atomic E-state index is 0.684. The van der Waals surface area contributed by atoms with Crippen LogP contribution in [0.5, 0.6) is 0 Å². The van der Waals surface area contributed by atoms with E-state index < -0.39 is 0 Å². The number of alkyl halides is 1. The van der Waals surface area contributed by atoms with E-state index in [-0.39, 0.29) is 0 Å². The number of nitrogens with zero attached hydrogens (tertiary/aromatic N) is 5. The van der Waals surface area contributed by atoms with Crippen LogP contribution in [-0.2, 0) is 7.05 Å². The third-order valence-electron chi connectivity index (χ3n) is 3.61. The van der Waals surface area contributed by atoms with Crippen LogP contribution in [0, 0.1) is 5.92 Å². The van der Waals surface area contributed by atoms with E-state index in [1.165, 1.54) is 6.42 Å². The average molecular weight is 266 g/mol. The molecule has 6 heteroatoms. The number of fused-ring (bicyclic) bond motifs is 1. The van der Waals surface area contributed by atoms with Crippen molar-refractivity contribution in [2.75, 3.05) is 23.9 Å². The van der Waals surface area contributed by atoms with Gasteiger partial charge >= 0.3 is 0 Å². The van der Waals surface area contributed by atoms with E-state index in [0.29, 0.717) is 5.92 Å². The van der Waals surface area contributed by atoms with Gasteiger partial charge in [0.2, 0.25) is 0 Å². The van der Waals surface area contributed by atoms with Crippen molar-refractivity contribution in [1.82, 2.24) is 19.7 Å². The predicted molar refractivity (Wildman–Crippen MR) is 72.0 cm³/mol. The van der Waals surface area contributed by atoms with Gasteiger partial charge in [0.15, 0.2) is 5.65 Å². The summed E-state index contributed by atoms with van der Waals surface area (Å²) in [5, 5.41) is 5.28. The molecule has 0 aromatic carbocycles. The Morgan fingerprint density at radius 3 is 3.17 bits per heavy atom. The molecule has 1 aliphatic rings. The van der Waals surface area contributed by atoms with Crippen LogP contribution in [0.3, 0.4) is 0 Å². The minimum absolute atomic E-state index is 0.684. The van der Waals surface area contributed by atoms with Crippen molar-refractivity contribution in [2.24, 2.45) is 13.0 Å². The van der Waals surface area contributed by atoms with Gasteiger partial charge in [-0.15, -0.1) is 11.6 Å². The Bertz CT molecular complexity index is 552. The Labute approximate surface area is 111 Å². The van der Waals surface area contributed by atoms with Gasteiger partial charge in [0, 0.05) is 26.0 Å². The van der Waals surface area contributed by atoms with E-state index in [1.54, 1.807) is 11.0 Å². The second-order valence-electron chi connectivity index (χ2n) is 4.78. The minimum Gasteiger partial charge on any atom is -0.356 e. The van der Waals surface area contributed by atoms with Gasteiger partial charge in [0.1, 0.15) is 12.1 Å². The molecule has 0 radical (unpaired) electrons. The van der Waals surface area contributed by atoms with Crippen molar-refractivity contribution in [1.29, 1.82) is 0 Å². The van der Waals surface area contributed by atoms with Gasteiger partial charge in [-0.1, -0.05) is 0 Å². The Hall–Kier alpha value is -1.36. The number of hydrogen-bond acceptors (Lipinski definition) is 4. The second kappa shape index (κ2) is 4.72. The summed E-state index contributed by atoms with van der Waals surface area (Å²) in [7, 11) is 1.90. The van der Waals surface area contributed by atoms with E-state index in [1.807, 2.05) is 13.2 Å². The largest absolute Gasteiger partial charge is 0.356 e. The first-order chi connectivity index (χ1) is 8.79. The van der Waals surface area contributed by atoms with Crippen molar-refractivity contribution in [3.8, 4) is 0 Å². The quantitative estimate of drug-likeness (QED) is 0.795. The van der Waals surface area contributed by atoms with Crippen molar-refractivity contribution in [3.05, 3.63) is 12.5 Å². The molecule has 96 valence electrons. The zero-order valence-corrected chi connectivity index (χ0v) is 11.1. The third kappa shape index (κ3) is 1.92. The highest BCUT2D eigenvalue weighted by atomic mass is 35.5. The molecule has 1 unspecified atom stereocenters. The predicted octanol–water partition coefficient (Wildman–Crippen LogP) is 1.82. The number of aryl methyl sites for hydroxylation is 1. The van der Waals surface area contributed by atoms with Crippen molar-refractivity contribution in [3.63, 3.8) is 0 Å². The highest BCUT2D eigenvalue weighted by Crippen LogP contribution is 2.28. The van der Waals surface area contributed by atoms with Crippen LogP contribution in [0.25, 0.3) is 11.0 Å². The monoisotopic (exact) mass is 265 g/mol. The highest BCUT2D eigenvalue weighted by Gasteiger charge is 2.24. The lowest BCUT2D eigenvalue weighted by Crippen LogP contribution is -2.21. The van der Waals surface area contributed by atoms with Gasteiger partial charge in [0.05, 0.1) is 11.6 Å². The molecule has 1 saturated heterocycles. The topological polar surface area (TPSA) is 46.8 Å². The third-order valence-corrected chi connectivity index (χ3v) is 3.83. The molecule has 0 bridgehead atoms. The molecule has 1 fully saturated rings. The van der Waals surface area contributed by atoms with Crippen molar-refractivity contribution in [2.45, 2.75) is 12.8 Å². The number of hydrogen-bond donors (Lipinski definition) is 0. The van der Waals surface area contributed by atoms with Gasteiger partial charge in [-0.2, -0.15) is 5.10 Å². The Balaban J connectivity index is 1.91. The highest BCUT2D eigenvalue weighted by molar-refractivity contribution is 6.17. The molecule has 0 saturated carbocycles. The molecule has 0 spiro atoms. The molecule has 2 aromatic rings. The normalized spacial score (nSPS) is 19.9. The first-order valence-corrected chi connectivity index (χ1v) is 6.76. The zero-order valence-electron chi connectivity index (χ0n) is 10.4. The molecule has 0 N–H and O–H groups in total. The summed E-state index contributed by atoms with van der Waals surface area (Å²) < 4.78 is 1.78. The molecule has 3 heterocycles.